The van der Waals surface area contributed by atoms with Crippen molar-refractivity contribution in [2.45, 2.75) is 19.9 Å². The largest absolute Gasteiger partial charge is 0.333 e. The standard InChI is InChI=1S/C19H18FN5O2/c1-5-11(2)25-17(26)15-16(22(4)19(25)27)21-18-23(15)10-12(3)24(18)14-8-6-13(20)7-9-14/h5-11H,1H2,2-4H3/t11-/m1/s1. The molecule has 0 amide bonds. The Labute approximate surface area is 153 Å². The van der Waals surface area contributed by atoms with E-state index < -0.39 is 17.3 Å². The minimum atomic E-state index is -0.453. The molecule has 3 heterocycles. The van der Waals surface area contributed by atoms with E-state index in [1.54, 1.807) is 42.8 Å². The lowest BCUT2D eigenvalue weighted by molar-refractivity contribution is 0.574. The van der Waals surface area contributed by atoms with Gasteiger partial charge >= 0.3 is 5.69 Å². The van der Waals surface area contributed by atoms with Crippen LogP contribution in [0.25, 0.3) is 22.6 Å². The molecule has 0 fully saturated rings. The SMILES string of the molecule is C=C[C@@H](C)n1c(=O)c2c(nc3n(-c4ccc(F)cc4)c(C)cn23)n(C)c1=O. The number of fused-ring (bicyclic) bond motifs is 3. The summed E-state index contributed by atoms with van der Waals surface area (Å²) in [6, 6.07) is 5.55. The first-order valence-electron chi connectivity index (χ1n) is 8.45. The minimum Gasteiger partial charge on any atom is -0.283 e. The van der Waals surface area contributed by atoms with Crippen LogP contribution in [0.1, 0.15) is 18.7 Å². The van der Waals surface area contributed by atoms with Crippen molar-refractivity contribution in [1.29, 1.82) is 0 Å². The highest BCUT2D eigenvalue weighted by atomic mass is 19.1. The van der Waals surface area contributed by atoms with E-state index in [0.717, 1.165) is 10.3 Å². The first-order valence-corrected chi connectivity index (χ1v) is 8.45. The second kappa shape index (κ2) is 5.80. The quantitative estimate of drug-likeness (QED) is 0.522. The molecule has 0 aliphatic rings. The van der Waals surface area contributed by atoms with E-state index in [-0.39, 0.29) is 5.82 Å². The van der Waals surface area contributed by atoms with Gasteiger partial charge < -0.3 is 0 Å². The fraction of sp³-hybridized carbons (Fsp3) is 0.211. The summed E-state index contributed by atoms with van der Waals surface area (Å²) in [4.78, 5) is 30.2. The third kappa shape index (κ3) is 2.29. The highest BCUT2D eigenvalue weighted by Gasteiger charge is 2.21. The van der Waals surface area contributed by atoms with Crippen molar-refractivity contribution >= 4 is 16.9 Å². The van der Waals surface area contributed by atoms with Gasteiger partial charge in [0.15, 0.2) is 11.2 Å². The molecule has 3 aromatic heterocycles. The molecule has 0 saturated carbocycles. The van der Waals surface area contributed by atoms with Gasteiger partial charge in [0.1, 0.15) is 5.82 Å². The maximum Gasteiger partial charge on any atom is 0.333 e. The summed E-state index contributed by atoms with van der Waals surface area (Å²) >= 11 is 0. The second-order valence-corrected chi connectivity index (χ2v) is 6.53. The number of imidazole rings is 2. The van der Waals surface area contributed by atoms with Crippen molar-refractivity contribution in [2.24, 2.45) is 7.05 Å². The smallest absolute Gasteiger partial charge is 0.283 e. The molecule has 138 valence electrons. The number of halogens is 1. The average Bonchev–Trinajstić information content (AvgIpc) is 3.15. The van der Waals surface area contributed by atoms with Crippen LogP contribution in [0.4, 0.5) is 4.39 Å². The number of nitrogens with zero attached hydrogens (tertiary/aromatic N) is 5. The molecule has 0 aliphatic heterocycles. The van der Waals surface area contributed by atoms with E-state index in [1.807, 2.05) is 11.5 Å². The second-order valence-electron chi connectivity index (χ2n) is 6.53. The zero-order valence-corrected chi connectivity index (χ0v) is 15.2. The molecule has 0 N–H and O–H groups in total. The maximum atomic E-state index is 13.3. The van der Waals surface area contributed by atoms with Crippen molar-refractivity contribution in [3.05, 3.63) is 75.5 Å². The first kappa shape index (κ1) is 17.0. The molecule has 0 spiro atoms. The van der Waals surface area contributed by atoms with Crippen LogP contribution >= 0.6 is 0 Å². The highest BCUT2D eigenvalue weighted by molar-refractivity contribution is 5.76. The summed E-state index contributed by atoms with van der Waals surface area (Å²) in [7, 11) is 1.58. The van der Waals surface area contributed by atoms with Crippen molar-refractivity contribution < 1.29 is 4.39 Å². The summed E-state index contributed by atoms with van der Waals surface area (Å²) in [5.74, 6) is 0.141. The molecule has 1 aromatic carbocycles. The van der Waals surface area contributed by atoms with Crippen LogP contribution in [0, 0.1) is 12.7 Å². The number of allylic oxidation sites excluding steroid dienone is 1. The lowest BCUT2D eigenvalue weighted by Gasteiger charge is -2.11. The number of aromatic nitrogens is 5. The van der Waals surface area contributed by atoms with Crippen LogP contribution in [0.3, 0.4) is 0 Å². The van der Waals surface area contributed by atoms with Gasteiger partial charge in [-0.15, -0.1) is 6.58 Å². The summed E-state index contributed by atoms with van der Waals surface area (Å²) < 4.78 is 19.3. The van der Waals surface area contributed by atoms with Crippen LogP contribution in [-0.4, -0.2) is 23.1 Å². The van der Waals surface area contributed by atoms with Gasteiger partial charge in [0.2, 0.25) is 5.78 Å². The summed E-state index contributed by atoms with van der Waals surface area (Å²) in [5, 5.41) is 0. The molecule has 4 rings (SSSR count). The maximum absolute atomic E-state index is 13.3. The van der Waals surface area contributed by atoms with Crippen molar-refractivity contribution in [3.63, 3.8) is 0 Å². The Kier molecular flexibility index (Phi) is 3.66. The molecule has 0 unspecified atom stereocenters. The van der Waals surface area contributed by atoms with E-state index in [4.69, 9.17) is 0 Å². The summed E-state index contributed by atoms with van der Waals surface area (Å²) in [6.07, 6.45) is 3.32. The summed E-state index contributed by atoms with van der Waals surface area (Å²) in [6.45, 7) is 7.28. The average molecular weight is 367 g/mol. The van der Waals surface area contributed by atoms with Gasteiger partial charge in [-0.25, -0.2) is 9.18 Å². The predicted molar refractivity (Wildman–Crippen MR) is 101 cm³/mol. The Bertz CT molecular complexity index is 1320. The van der Waals surface area contributed by atoms with E-state index in [0.29, 0.717) is 22.6 Å². The Hall–Kier alpha value is -3.42. The highest BCUT2D eigenvalue weighted by Crippen LogP contribution is 2.21. The Morgan fingerprint density at radius 1 is 1.22 bits per heavy atom. The van der Waals surface area contributed by atoms with Crippen LogP contribution < -0.4 is 11.2 Å². The molecule has 4 aromatic rings. The van der Waals surface area contributed by atoms with Crippen LogP contribution in [0.15, 0.2) is 52.7 Å². The zero-order valence-electron chi connectivity index (χ0n) is 15.2. The van der Waals surface area contributed by atoms with Crippen molar-refractivity contribution in [3.8, 4) is 5.69 Å². The number of rotatable bonds is 3. The van der Waals surface area contributed by atoms with E-state index >= 15 is 0 Å². The van der Waals surface area contributed by atoms with Gasteiger partial charge in [-0.3, -0.25) is 22.9 Å². The third-order valence-electron chi connectivity index (χ3n) is 4.81. The van der Waals surface area contributed by atoms with Gasteiger partial charge in [-0.1, -0.05) is 6.08 Å². The van der Waals surface area contributed by atoms with Crippen LogP contribution in [-0.2, 0) is 7.05 Å². The Morgan fingerprint density at radius 2 is 1.89 bits per heavy atom. The van der Waals surface area contributed by atoms with Gasteiger partial charge in [0.05, 0.1) is 6.04 Å². The molecular weight excluding hydrogens is 349 g/mol. The van der Waals surface area contributed by atoms with Crippen LogP contribution in [0.5, 0.6) is 0 Å². The van der Waals surface area contributed by atoms with Gasteiger partial charge in [0, 0.05) is 24.6 Å². The van der Waals surface area contributed by atoms with E-state index in [1.165, 1.54) is 16.7 Å². The monoisotopic (exact) mass is 367 g/mol. The molecule has 1 atom stereocenters. The molecule has 27 heavy (non-hydrogen) atoms. The van der Waals surface area contributed by atoms with Gasteiger partial charge in [-0.05, 0) is 38.1 Å². The first-order chi connectivity index (χ1) is 12.8. The number of benzene rings is 1. The van der Waals surface area contributed by atoms with Gasteiger partial charge in [0.25, 0.3) is 5.56 Å². The molecular formula is C19H18FN5O2. The normalized spacial score (nSPS) is 12.7. The Balaban J connectivity index is 2.15. The molecule has 0 saturated heterocycles. The zero-order chi connectivity index (χ0) is 19.5. The van der Waals surface area contributed by atoms with E-state index in [9.17, 15) is 14.0 Å². The lowest BCUT2D eigenvalue weighted by Crippen LogP contribution is -2.40. The predicted octanol–water partition coefficient (Wildman–Crippen LogP) is 2.33. The minimum absolute atomic E-state index is 0.295. The molecule has 7 nitrogen and oxygen atoms in total. The van der Waals surface area contributed by atoms with Gasteiger partial charge in [-0.2, -0.15) is 4.98 Å². The molecule has 0 bridgehead atoms. The topological polar surface area (TPSA) is 66.2 Å². The fourth-order valence-electron chi connectivity index (χ4n) is 3.35. The molecule has 8 heteroatoms. The van der Waals surface area contributed by atoms with Crippen molar-refractivity contribution in [1.82, 2.24) is 23.1 Å². The molecule has 0 radical (unpaired) electrons. The third-order valence-corrected chi connectivity index (χ3v) is 4.81. The fourth-order valence-corrected chi connectivity index (χ4v) is 3.35. The Morgan fingerprint density at radius 3 is 2.52 bits per heavy atom. The van der Waals surface area contributed by atoms with E-state index in [2.05, 4.69) is 11.6 Å². The number of hydrogen-bond acceptors (Lipinski definition) is 3. The number of hydrogen-bond donors (Lipinski definition) is 0. The van der Waals surface area contributed by atoms with Crippen LogP contribution in [0.2, 0.25) is 0 Å². The molecule has 0 aliphatic carbocycles. The lowest BCUT2D eigenvalue weighted by atomic mass is 10.3. The van der Waals surface area contributed by atoms with Crippen molar-refractivity contribution in [2.75, 3.05) is 0 Å². The summed E-state index contributed by atoms with van der Waals surface area (Å²) in [5.41, 5.74) is 1.26. The number of aryl methyl sites for hydroxylation is 2.